The number of carbonyl (C=O) groups excluding carboxylic acids is 1. The summed E-state index contributed by atoms with van der Waals surface area (Å²) < 4.78 is 27.9. The highest BCUT2D eigenvalue weighted by Gasteiger charge is 2.27. The number of phenols is 1. The van der Waals surface area contributed by atoms with E-state index >= 15 is 0 Å². The molecule has 1 fully saturated rings. The topological polar surface area (TPSA) is 98.7 Å². The van der Waals surface area contributed by atoms with Crippen molar-refractivity contribution in [1.82, 2.24) is 4.90 Å². The Labute approximate surface area is 155 Å². The number of benzene rings is 1. The predicted molar refractivity (Wildman–Crippen MR) is 103 cm³/mol. The van der Waals surface area contributed by atoms with Crippen LogP contribution in [0.25, 0.3) is 0 Å². The molecule has 26 heavy (non-hydrogen) atoms. The van der Waals surface area contributed by atoms with E-state index < -0.39 is 10.0 Å². The van der Waals surface area contributed by atoms with Gasteiger partial charge in [0, 0.05) is 38.2 Å². The number of aromatic hydroxyl groups is 1. The highest BCUT2D eigenvalue weighted by molar-refractivity contribution is 7.92. The highest BCUT2D eigenvalue weighted by Crippen LogP contribution is 2.27. The first-order chi connectivity index (χ1) is 12.1. The van der Waals surface area contributed by atoms with Gasteiger partial charge in [0.1, 0.15) is 5.75 Å². The molecule has 0 radical (unpaired) electrons. The van der Waals surface area contributed by atoms with E-state index in [0.29, 0.717) is 12.1 Å². The van der Waals surface area contributed by atoms with E-state index in [2.05, 4.69) is 29.0 Å². The number of hydrogen-bond acceptors (Lipinski definition) is 5. The van der Waals surface area contributed by atoms with Gasteiger partial charge in [0.15, 0.2) is 0 Å². The standard InChI is InChI=1S/C17H28N4O4S/c1-14(22)18-15-5-6-16(17(23)13-15)19-26(24,25)12-4-9-21(3)10-7-20(2)8-11-21/h5-6,13,19H,4,7-12H2,1-3H3,(H-,18,22,23)/p+1. The number of hydrogen-bond donors (Lipinski definition) is 3. The van der Waals surface area contributed by atoms with Gasteiger partial charge in [0.2, 0.25) is 15.9 Å². The molecule has 0 bridgehead atoms. The summed E-state index contributed by atoms with van der Waals surface area (Å²) >= 11 is 0. The Kier molecular flexibility index (Phi) is 6.48. The molecule has 1 aromatic carbocycles. The minimum Gasteiger partial charge on any atom is -0.506 e. The maximum absolute atomic E-state index is 12.3. The van der Waals surface area contributed by atoms with E-state index in [1.807, 2.05) is 0 Å². The third-order valence-corrected chi connectivity index (χ3v) is 6.09. The SMILES string of the molecule is CC(=O)Nc1ccc(NS(=O)(=O)CCC[N+]2(C)CCN(C)CC2)c(O)c1. The number of sulfonamides is 1. The van der Waals surface area contributed by atoms with Crippen molar-refractivity contribution >= 4 is 27.3 Å². The van der Waals surface area contributed by atoms with E-state index in [1.54, 1.807) is 0 Å². The largest absolute Gasteiger partial charge is 0.506 e. The lowest BCUT2D eigenvalue weighted by molar-refractivity contribution is -0.913. The van der Waals surface area contributed by atoms with Crippen molar-refractivity contribution < 1.29 is 22.8 Å². The summed E-state index contributed by atoms with van der Waals surface area (Å²) in [5.41, 5.74) is 0.518. The van der Waals surface area contributed by atoms with Gasteiger partial charge in [-0.2, -0.15) is 0 Å². The van der Waals surface area contributed by atoms with Crippen molar-refractivity contribution in [3.8, 4) is 5.75 Å². The fraction of sp³-hybridized carbons (Fsp3) is 0.588. The lowest BCUT2D eigenvalue weighted by atomic mass is 10.2. The van der Waals surface area contributed by atoms with Crippen LogP contribution in [-0.4, -0.2) is 81.4 Å². The smallest absolute Gasteiger partial charge is 0.233 e. The van der Waals surface area contributed by atoms with Crippen LogP contribution in [-0.2, 0) is 14.8 Å². The van der Waals surface area contributed by atoms with E-state index in [-0.39, 0.29) is 23.1 Å². The van der Waals surface area contributed by atoms with Crippen LogP contribution in [0.4, 0.5) is 11.4 Å². The first-order valence-electron chi connectivity index (χ1n) is 8.72. The quantitative estimate of drug-likeness (QED) is 0.478. The van der Waals surface area contributed by atoms with Gasteiger partial charge < -0.3 is 14.9 Å². The average Bonchev–Trinajstić information content (AvgIpc) is 2.52. The maximum atomic E-state index is 12.3. The minimum absolute atomic E-state index is 0.00354. The molecule has 0 atom stereocenters. The Balaban J connectivity index is 1.89. The van der Waals surface area contributed by atoms with Crippen molar-refractivity contribution in [2.45, 2.75) is 13.3 Å². The summed E-state index contributed by atoms with van der Waals surface area (Å²) in [6, 6.07) is 4.29. The molecule has 9 heteroatoms. The zero-order valence-electron chi connectivity index (χ0n) is 15.7. The number of amides is 1. The monoisotopic (exact) mass is 385 g/mol. The molecule has 0 saturated carbocycles. The Hall–Kier alpha value is -1.84. The van der Waals surface area contributed by atoms with Crippen LogP contribution in [0.2, 0.25) is 0 Å². The molecular formula is C17H29N4O4S+. The number of rotatable bonds is 7. The van der Waals surface area contributed by atoms with Crippen molar-refractivity contribution in [3.63, 3.8) is 0 Å². The van der Waals surface area contributed by atoms with Gasteiger partial charge in [-0.3, -0.25) is 14.4 Å². The molecule has 1 aromatic rings. The molecule has 0 spiro atoms. The van der Waals surface area contributed by atoms with Crippen molar-refractivity contribution in [1.29, 1.82) is 0 Å². The fourth-order valence-electron chi connectivity index (χ4n) is 3.03. The molecule has 1 aliphatic heterocycles. The zero-order valence-corrected chi connectivity index (χ0v) is 16.5. The van der Waals surface area contributed by atoms with Gasteiger partial charge in [-0.1, -0.05) is 0 Å². The Morgan fingerprint density at radius 3 is 2.54 bits per heavy atom. The number of likely N-dealkylation sites (N-methyl/N-ethyl adjacent to an activating group) is 2. The lowest BCUT2D eigenvalue weighted by Gasteiger charge is -2.41. The number of anilines is 2. The van der Waals surface area contributed by atoms with E-state index in [0.717, 1.165) is 37.2 Å². The Bertz CT molecular complexity index is 743. The Morgan fingerprint density at radius 1 is 1.31 bits per heavy atom. The van der Waals surface area contributed by atoms with Gasteiger partial charge >= 0.3 is 0 Å². The molecule has 0 unspecified atom stereocenters. The number of nitrogens with zero attached hydrogens (tertiary/aromatic N) is 2. The summed E-state index contributed by atoms with van der Waals surface area (Å²) in [5, 5.41) is 12.5. The first-order valence-corrected chi connectivity index (χ1v) is 10.4. The highest BCUT2D eigenvalue weighted by atomic mass is 32.2. The summed E-state index contributed by atoms with van der Waals surface area (Å²) in [5.74, 6) is -0.486. The number of nitrogens with one attached hydrogen (secondary N) is 2. The summed E-state index contributed by atoms with van der Waals surface area (Å²) in [6.45, 7) is 6.26. The molecule has 0 aliphatic carbocycles. The van der Waals surface area contributed by atoms with Gasteiger partial charge in [0.05, 0.1) is 38.1 Å². The van der Waals surface area contributed by atoms with Crippen LogP contribution in [0.15, 0.2) is 18.2 Å². The summed E-state index contributed by atoms with van der Waals surface area (Å²) in [4.78, 5) is 13.3. The van der Waals surface area contributed by atoms with Crippen LogP contribution in [0.3, 0.4) is 0 Å². The zero-order chi connectivity index (χ0) is 19.4. The summed E-state index contributed by atoms with van der Waals surface area (Å²) in [6.07, 6.45) is 0.556. The first kappa shape index (κ1) is 20.5. The van der Waals surface area contributed by atoms with Crippen molar-refractivity contribution in [2.75, 3.05) is 62.6 Å². The molecule has 2 rings (SSSR count). The second-order valence-electron chi connectivity index (χ2n) is 7.28. The third-order valence-electron chi connectivity index (χ3n) is 4.74. The third kappa shape index (κ3) is 6.15. The number of carbonyl (C=O) groups is 1. The van der Waals surface area contributed by atoms with E-state index in [9.17, 15) is 18.3 Å². The predicted octanol–water partition coefficient (Wildman–Crippen LogP) is 0.874. The molecule has 1 heterocycles. The second kappa shape index (κ2) is 8.24. The molecule has 1 amide bonds. The van der Waals surface area contributed by atoms with Gasteiger partial charge in [0.25, 0.3) is 0 Å². The van der Waals surface area contributed by atoms with E-state index in [4.69, 9.17) is 0 Å². The number of piperazine rings is 1. The molecule has 3 N–H and O–H groups in total. The molecular weight excluding hydrogens is 356 g/mol. The van der Waals surface area contributed by atoms with Crippen LogP contribution < -0.4 is 10.0 Å². The van der Waals surface area contributed by atoms with E-state index in [1.165, 1.54) is 25.1 Å². The molecule has 0 aromatic heterocycles. The van der Waals surface area contributed by atoms with Crippen molar-refractivity contribution in [3.05, 3.63) is 18.2 Å². The molecule has 1 saturated heterocycles. The van der Waals surface area contributed by atoms with Crippen LogP contribution >= 0.6 is 0 Å². The number of phenolic OH excluding ortho intramolecular Hbond substituents is 1. The molecule has 146 valence electrons. The normalized spacial score (nSPS) is 17.7. The number of quaternary nitrogens is 1. The Morgan fingerprint density at radius 2 is 1.96 bits per heavy atom. The van der Waals surface area contributed by atoms with Crippen LogP contribution in [0, 0.1) is 0 Å². The lowest BCUT2D eigenvalue weighted by Crippen LogP contribution is -2.56. The van der Waals surface area contributed by atoms with Crippen LogP contribution in [0.5, 0.6) is 5.75 Å². The van der Waals surface area contributed by atoms with Crippen molar-refractivity contribution in [2.24, 2.45) is 0 Å². The van der Waals surface area contributed by atoms with Gasteiger partial charge in [-0.05, 0) is 19.2 Å². The molecule has 8 nitrogen and oxygen atoms in total. The maximum Gasteiger partial charge on any atom is 0.233 e. The average molecular weight is 386 g/mol. The second-order valence-corrected chi connectivity index (χ2v) is 9.12. The van der Waals surface area contributed by atoms with Crippen LogP contribution in [0.1, 0.15) is 13.3 Å². The van der Waals surface area contributed by atoms with Gasteiger partial charge in [-0.25, -0.2) is 8.42 Å². The fourth-order valence-corrected chi connectivity index (χ4v) is 4.14. The summed E-state index contributed by atoms with van der Waals surface area (Å²) in [7, 11) is 0.716. The molecule has 1 aliphatic rings. The minimum atomic E-state index is -3.55. The van der Waals surface area contributed by atoms with Gasteiger partial charge in [-0.15, -0.1) is 0 Å².